The number of thiazole rings is 1. The molecule has 114 valence electrons. The number of hydrogen-bond donors (Lipinski definition) is 1. The Hall–Kier alpha value is -1.11. The van der Waals surface area contributed by atoms with Crippen molar-refractivity contribution in [2.24, 2.45) is 0 Å². The first-order valence-corrected chi connectivity index (χ1v) is 8.69. The molecule has 3 heterocycles. The van der Waals surface area contributed by atoms with Crippen LogP contribution in [0.15, 0.2) is 11.6 Å². The maximum absolute atomic E-state index is 4.90. The number of imidazole rings is 1. The monoisotopic (exact) mass is 305 g/mol. The second-order valence-corrected chi connectivity index (χ2v) is 7.32. The van der Waals surface area contributed by atoms with Gasteiger partial charge in [0.2, 0.25) is 0 Å². The Kier molecular flexibility index (Phi) is 3.40. The number of aromatic nitrogens is 2. The average molecular weight is 305 g/mol. The molecule has 2 aromatic heterocycles. The zero-order valence-corrected chi connectivity index (χ0v) is 13.6. The Morgan fingerprint density at radius 2 is 2.24 bits per heavy atom. The highest BCUT2D eigenvalue weighted by atomic mass is 32.1. The third-order valence-corrected chi connectivity index (χ3v) is 5.43. The first-order chi connectivity index (χ1) is 10.2. The molecule has 2 aliphatic rings. The second kappa shape index (κ2) is 5.26. The highest BCUT2D eigenvalue weighted by Crippen LogP contribution is 2.29. The lowest BCUT2D eigenvalue weighted by Crippen LogP contribution is -2.32. The molecule has 1 saturated heterocycles. The molecule has 2 fully saturated rings. The minimum atomic E-state index is 0.647. The molecule has 1 aliphatic carbocycles. The van der Waals surface area contributed by atoms with Crippen molar-refractivity contribution in [3.63, 3.8) is 0 Å². The van der Waals surface area contributed by atoms with Gasteiger partial charge in [0.25, 0.3) is 0 Å². The standard InChI is InChI=1S/C15H23N5S/c1-18(2)12-5-6-19(10-12)14-13(9-16-11-3-4-11)20-7-8-21-15(20)17-14/h7-8,11-12,16H,3-6,9-10H2,1-2H3. The lowest BCUT2D eigenvalue weighted by molar-refractivity contribution is 0.315. The van der Waals surface area contributed by atoms with E-state index < -0.39 is 0 Å². The van der Waals surface area contributed by atoms with Gasteiger partial charge >= 0.3 is 0 Å². The summed E-state index contributed by atoms with van der Waals surface area (Å²) in [5.74, 6) is 1.19. The van der Waals surface area contributed by atoms with Crippen LogP contribution in [-0.4, -0.2) is 53.6 Å². The van der Waals surface area contributed by atoms with Crippen molar-refractivity contribution in [1.82, 2.24) is 19.6 Å². The van der Waals surface area contributed by atoms with E-state index in [0.29, 0.717) is 6.04 Å². The molecular weight excluding hydrogens is 282 g/mol. The van der Waals surface area contributed by atoms with E-state index in [1.165, 1.54) is 30.8 Å². The summed E-state index contributed by atoms with van der Waals surface area (Å²) < 4.78 is 2.26. The molecule has 4 rings (SSSR count). The van der Waals surface area contributed by atoms with Crippen LogP contribution in [-0.2, 0) is 6.54 Å². The van der Waals surface area contributed by atoms with Gasteiger partial charge in [-0.1, -0.05) is 0 Å². The highest BCUT2D eigenvalue weighted by molar-refractivity contribution is 7.15. The van der Waals surface area contributed by atoms with Crippen molar-refractivity contribution in [2.75, 3.05) is 32.1 Å². The Balaban J connectivity index is 1.60. The van der Waals surface area contributed by atoms with Crippen LogP contribution < -0.4 is 10.2 Å². The fourth-order valence-corrected chi connectivity index (χ4v) is 3.85. The van der Waals surface area contributed by atoms with Gasteiger partial charge in [-0.05, 0) is 33.4 Å². The molecular formula is C15H23N5S. The molecule has 5 nitrogen and oxygen atoms in total. The smallest absolute Gasteiger partial charge is 0.195 e. The molecule has 1 saturated carbocycles. The second-order valence-electron chi connectivity index (χ2n) is 6.44. The minimum Gasteiger partial charge on any atom is -0.353 e. The number of hydrogen-bond acceptors (Lipinski definition) is 5. The van der Waals surface area contributed by atoms with Gasteiger partial charge in [0.1, 0.15) is 0 Å². The van der Waals surface area contributed by atoms with Crippen LogP contribution in [0.25, 0.3) is 4.96 Å². The van der Waals surface area contributed by atoms with Crippen LogP contribution in [0.2, 0.25) is 0 Å². The lowest BCUT2D eigenvalue weighted by atomic mass is 10.2. The zero-order valence-electron chi connectivity index (χ0n) is 12.7. The quantitative estimate of drug-likeness (QED) is 0.913. The lowest BCUT2D eigenvalue weighted by Gasteiger charge is -2.21. The van der Waals surface area contributed by atoms with Crippen molar-refractivity contribution >= 4 is 22.1 Å². The number of likely N-dealkylation sites (N-methyl/N-ethyl adjacent to an activating group) is 1. The molecule has 1 N–H and O–H groups in total. The largest absolute Gasteiger partial charge is 0.353 e. The first-order valence-electron chi connectivity index (χ1n) is 7.81. The van der Waals surface area contributed by atoms with Crippen LogP contribution in [0.1, 0.15) is 25.0 Å². The molecule has 21 heavy (non-hydrogen) atoms. The molecule has 0 amide bonds. The van der Waals surface area contributed by atoms with Gasteiger partial charge in [-0.3, -0.25) is 4.40 Å². The van der Waals surface area contributed by atoms with E-state index in [1.54, 1.807) is 11.3 Å². The van der Waals surface area contributed by atoms with Gasteiger partial charge in [0.05, 0.1) is 5.69 Å². The number of fused-ring (bicyclic) bond motifs is 1. The van der Waals surface area contributed by atoms with Gasteiger partial charge in [-0.15, -0.1) is 11.3 Å². The van der Waals surface area contributed by atoms with Crippen LogP contribution in [0.3, 0.4) is 0 Å². The van der Waals surface area contributed by atoms with Gasteiger partial charge in [0, 0.05) is 43.3 Å². The molecule has 1 aliphatic heterocycles. The molecule has 6 heteroatoms. The summed E-state index contributed by atoms with van der Waals surface area (Å²) in [6.07, 6.45) is 6.04. The number of nitrogens with one attached hydrogen (secondary N) is 1. The van der Waals surface area contributed by atoms with E-state index in [4.69, 9.17) is 4.98 Å². The van der Waals surface area contributed by atoms with Crippen molar-refractivity contribution in [2.45, 2.75) is 37.9 Å². The first kappa shape index (κ1) is 13.5. The van der Waals surface area contributed by atoms with E-state index in [1.807, 2.05) is 0 Å². The van der Waals surface area contributed by atoms with Crippen LogP contribution in [0.5, 0.6) is 0 Å². The van der Waals surface area contributed by atoms with Crippen molar-refractivity contribution in [3.8, 4) is 0 Å². The summed E-state index contributed by atoms with van der Waals surface area (Å²) >= 11 is 1.73. The summed E-state index contributed by atoms with van der Waals surface area (Å²) in [6.45, 7) is 3.14. The summed E-state index contributed by atoms with van der Waals surface area (Å²) in [4.78, 5) is 10.8. The maximum Gasteiger partial charge on any atom is 0.195 e. The van der Waals surface area contributed by atoms with Gasteiger partial charge < -0.3 is 15.1 Å². The summed E-state index contributed by atoms with van der Waals surface area (Å²) in [7, 11) is 4.35. The van der Waals surface area contributed by atoms with Crippen LogP contribution in [0, 0.1) is 0 Å². The van der Waals surface area contributed by atoms with E-state index in [0.717, 1.165) is 30.6 Å². The topological polar surface area (TPSA) is 35.8 Å². The molecule has 0 radical (unpaired) electrons. The fraction of sp³-hybridized carbons (Fsp3) is 0.667. The van der Waals surface area contributed by atoms with E-state index >= 15 is 0 Å². The number of anilines is 1. The van der Waals surface area contributed by atoms with Gasteiger partial charge in [-0.2, -0.15) is 0 Å². The van der Waals surface area contributed by atoms with E-state index in [-0.39, 0.29) is 0 Å². The Morgan fingerprint density at radius 1 is 1.38 bits per heavy atom. The molecule has 0 bridgehead atoms. The molecule has 0 spiro atoms. The number of nitrogens with zero attached hydrogens (tertiary/aromatic N) is 4. The summed E-state index contributed by atoms with van der Waals surface area (Å²) in [5, 5.41) is 5.77. The zero-order chi connectivity index (χ0) is 14.4. The van der Waals surface area contributed by atoms with E-state index in [9.17, 15) is 0 Å². The SMILES string of the molecule is CN(C)C1CCN(c2nc3sccn3c2CNC2CC2)C1. The fourth-order valence-electron chi connectivity index (χ4n) is 3.12. The van der Waals surface area contributed by atoms with Crippen molar-refractivity contribution < 1.29 is 0 Å². The predicted molar refractivity (Wildman–Crippen MR) is 87.2 cm³/mol. The van der Waals surface area contributed by atoms with Crippen LogP contribution >= 0.6 is 11.3 Å². The molecule has 0 aromatic carbocycles. The summed E-state index contributed by atoms with van der Waals surface area (Å²) in [6, 6.07) is 1.38. The molecule has 2 aromatic rings. The third kappa shape index (κ3) is 2.56. The average Bonchev–Trinajstić information content (AvgIpc) is 2.90. The molecule has 1 unspecified atom stereocenters. The minimum absolute atomic E-state index is 0.647. The molecule has 1 atom stereocenters. The Bertz CT molecular complexity index is 627. The Morgan fingerprint density at radius 3 is 2.95 bits per heavy atom. The van der Waals surface area contributed by atoms with Crippen molar-refractivity contribution in [1.29, 1.82) is 0 Å². The normalized spacial score (nSPS) is 22.8. The van der Waals surface area contributed by atoms with Crippen LogP contribution in [0.4, 0.5) is 5.82 Å². The van der Waals surface area contributed by atoms with E-state index in [2.05, 4.69) is 45.2 Å². The summed E-state index contributed by atoms with van der Waals surface area (Å²) in [5.41, 5.74) is 1.33. The predicted octanol–water partition coefficient (Wildman–Crippen LogP) is 1.79. The van der Waals surface area contributed by atoms with Crippen molar-refractivity contribution in [3.05, 3.63) is 17.3 Å². The highest BCUT2D eigenvalue weighted by Gasteiger charge is 2.29. The number of rotatable bonds is 5. The Labute approximate surface area is 129 Å². The third-order valence-electron chi connectivity index (χ3n) is 4.67. The maximum atomic E-state index is 4.90. The van der Waals surface area contributed by atoms with Gasteiger partial charge in [0.15, 0.2) is 10.8 Å². The van der Waals surface area contributed by atoms with Gasteiger partial charge in [-0.25, -0.2) is 4.98 Å².